The zero-order valence-corrected chi connectivity index (χ0v) is 16.1. The Balaban J connectivity index is 1.89. The maximum Gasteiger partial charge on any atom is 0.295 e. The standard InChI is InChI=1S/C23H17ClN2O3/c24-18-11-5-4-10-17(18)20-19(21(27)16-8-2-1-3-9-16)22(28)23(29)26(20)14-15-7-6-12-25-13-15/h1-13,20,27H,14H2/t20-/m0/s1. The summed E-state index contributed by atoms with van der Waals surface area (Å²) < 4.78 is 0. The van der Waals surface area contributed by atoms with Crippen LogP contribution in [0.3, 0.4) is 0 Å². The molecule has 3 aromatic rings. The molecule has 1 aliphatic rings. The van der Waals surface area contributed by atoms with Gasteiger partial charge >= 0.3 is 0 Å². The molecule has 1 N–H and O–H groups in total. The average Bonchev–Trinajstić information content (AvgIpc) is 3.00. The molecule has 4 rings (SSSR count). The summed E-state index contributed by atoms with van der Waals surface area (Å²) in [6.07, 6.45) is 3.28. The topological polar surface area (TPSA) is 70.5 Å². The smallest absolute Gasteiger partial charge is 0.295 e. The van der Waals surface area contributed by atoms with Gasteiger partial charge in [-0.1, -0.05) is 66.2 Å². The number of nitrogens with zero attached hydrogens (tertiary/aromatic N) is 2. The average molecular weight is 405 g/mol. The lowest BCUT2D eigenvalue weighted by atomic mass is 9.95. The van der Waals surface area contributed by atoms with Gasteiger partial charge in [0.15, 0.2) is 0 Å². The van der Waals surface area contributed by atoms with Crippen molar-refractivity contribution < 1.29 is 14.7 Å². The van der Waals surface area contributed by atoms with Gasteiger partial charge in [0, 0.05) is 29.5 Å². The lowest BCUT2D eigenvalue weighted by Gasteiger charge is -2.26. The number of amides is 1. The minimum absolute atomic E-state index is 0.0261. The SMILES string of the molecule is O=C1C(=O)N(Cc2cccnc2)[C@@H](c2ccccc2Cl)C1=C(O)c1ccccc1. The molecule has 1 atom stereocenters. The van der Waals surface area contributed by atoms with Gasteiger partial charge in [-0.05, 0) is 23.3 Å². The molecular weight excluding hydrogens is 388 g/mol. The number of carbonyl (C=O) groups excluding carboxylic acids is 2. The lowest BCUT2D eigenvalue weighted by molar-refractivity contribution is -0.140. The van der Waals surface area contributed by atoms with Gasteiger partial charge in [0.25, 0.3) is 11.7 Å². The van der Waals surface area contributed by atoms with Gasteiger partial charge in [0.2, 0.25) is 0 Å². The molecule has 6 heteroatoms. The molecule has 29 heavy (non-hydrogen) atoms. The number of ketones is 1. The molecule has 1 aromatic heterocycles. The van der Waals surface area contributed by atoms with E-state index in [0.29, 0.717) is 16.1 Å². The molecule has 1 amide bonds. The second-order valence-corrected chi connectivity index (χ2v) is 7.08. The summed E-state index contributed by atoms with van der Waals surface area (Å²) in [6, 6.07) is 18.5. The van der Waals surface area contributed by atoms with Crippen LogP contribution in [0.4, 0.5) is 0 Å². The normalized spacial score (nSPS) is 18.2. The second kappa shape index (κ2) is 7.89. The molecule has 2 aromatic carbocycles. The molecule has 0 unspecified atom stereocenters. The number of Topliss-reactive ketones (excluding diaryl/α,β-unsaturated/α-hetero) is 1. The predicted molar refractivity (Wildman–Crippen MR) is 110 cm³/mol. The van der Waals surface area contributed by atoms with Crippen LogP contribution in [0.5, 0.6) is 0 Å². The second-order valence-electron chi connectivity index (χ2n) is 6.68. The van der Waals surface area contributed by atoms with E-state index in [4.69, 9.17) is 11.6 Å². The highest BCUT2D eigenvalue weighted by Gasteiger charge is 2.46. The van der Waals surface area contributed by atoms with Crippen molar-refractivity contribution in [3.8, 4) is 0 Å². The maximum absolute atomic E-state index is 12.9. The van der Waals surface area contributed by atoms with E-state index in [1.54, 1.807) is 67.0 Å². The summed E-state index contributed by atoms with van der Waals surface area (Å²) in [5.74, 6) is -1.64. The fourth-order valence-electron chi connectivity index (χ4n) is 3.50. The molecule has 0 saturated carbocycles. The van der Waals surface area contributed by atoms with E-state index in [0.717, 1.165) is 5.56 Å². The first-order valence-corrected chi connectivity index (χ1v) is 9.43. The third-order valence-corrected chi connectivity index (χ3v) is 5.21. The van der Waals surface area contributed by atoms with Crippen molar-refractivity contribution in [2.24, 2.45) is 0 Å². The monoisotopic (exact) mass is 404 g/mol. The summed E-state index contributed by atoms with van der Waals surface area (Å²) >= 11 is 6.42. The number of hydrogen-bond acceptors (Lipinski definition) is 4. The Morgan fingerprint density at radius 1 is 1.00 bits per heavy atom. The van der Waals surface area contributed by atoms with Crippen molar-refractivity contribution >= 4 is 29.1 Å². The van der Waals surface area contributed by atoms with Crippen molar-refractivity contribution in [3.63, 3.8) is 0 Å². The summed E-state index contributed by atoms with van der Waals surface area (Å²) in [5, 5.41) is 11.4. The van der Waals surface area contributed by atoms with Gasteiger partial charge < -0.3 is 10.0 Å². The van der Waals surface area contributed by atoms with E-state index in [2.05, 4.69) is 4.98 Å². The Morgan fingerprint density at radius 3 is 2.41 bits per heavy atom. The largest absolute Gasteiger partial charge is 0.507 e. The molecule has 1 fully saturated rings. The summed E-state index contributed by atoms with van der Waals surface area (Å²) in [6.45, 7) is 0.167. The lowest BCUT2D eigenvalue weighted by Crippen LogP contribution is -2.29. The molecule has 1 saturated heterocycles. The predicted octanol–water partition coefficient (Wildman–Crippen LogP) is 4.36. The number of halogens is 1. The van der Waals surface area contributed by atoms with Crippen LogP contribution in [0.15, 0.2) is 84.7 Å². The molecule has 0 spiro atoms. The molecule has 0 bridgehead atoms. The highest BCUT2D eigenvalue weighted by molar-refractivity contribution is 6.46. The van der Waals surface area contributed by atoms with Gasteiger partial charge in [-0.3, -0.25) is 14.6 Å². The summed E-state index contributed by atoms with van der Waals surface area (Å²) in [4.78, 5) is 31.4. The fourth-order valence-corrected chi connectivity index (χ4v) is 3.74. The quantitative estimate of drug-likeness (QED) is 0.398. The van der Waals surface area contributed by atoms with E-state index in [-0.39, 0.29) is 17.9 Å². The first-order chi connectivity index (χ1) is 14.1. The fraction of sp³-hybridized carbons (Fsp3) is 0.0870. The summed E-state index contributed by atoms with van der Waals surface area (Å²) in [5.41, 5.74) is 1.84. The Bertz CT molecular complexity index is 1100. The number of benzene rings is 2. The number of carbonyl (C=O) groups is 2. The highest BCUT2D eigenvalue weighted by atomic mass is 35.5. The number of hydrogen-bond donors (Lipinski definition) is 1. The number of aliphatic hydroxyl groups is 1. The number of pyridine rings is 1. The van der Waals surface area contributed by atoms with Crippen LogP contribution >= 0.6 is 11.6 Å². The van der Waals surface area contributed by atoms with Crippen LogP contribution in [0, 0.1) is 0 Å². The summed E-state index contributed by atoms with van der Waals surface area (Å²) in [7, 11) is 0. The van der Waals surface area contributed by atoms with E-state index in [9.17, 15) is 14.7 Å². The van der Waals surface area contributed by atoms with Crippen molar-refractivity contribution in [1.29, 1.82) is 0 Å². The Labute approximate surface area is 172 Å². The first-order valence-electron chi connectivity index (χ1n) is 9.05. The molecule has 2 heterocycles. The zero-order valence-electron chi connectivity index (χ0n) is 15.3. The highest BCUT2D eigenvalue weighted by Crippen LogP contribution is 2.42. The van der Waals surface area contributed by atoms with Crippen LogP contribution in [-0.2, 0) is 16.1 Å². The molecule has 5 nitrogen and oxygen atoms in total. The molecule has 1 aliphatic heterocycles. The van der Waals surface area contributed by atoms with E-state index < -0.39 is 17.7 Å². The Hall–Kier alpha value is -3.44. The number of rotatable bonds is 4. The molecule has 144 valence electrons. The van der Waals surface area contributed by atoms with Gasteiger partial charge in [0.05, 0.1) is 11.6 Å². The minimum Gasteiger partial charge on any atom is -0.507 e. The Morgan fingerprint density at radius 2 is 1.72 bits per heavy atom. The van der Waals surface area contributed by atoms with Gasteiger partial charge in [-0.15, -0.1) is 0 Å². The van der Waals surface area contributed by atoms with Gasteiger partial charge in [0.1, 0.15) is 5.76 Å². The molecule has 0 aliphatic carbocycles. The van der Waals surface area contributed by atoms with Crippen molar-refractivity contribution in [1.82, 2.24) is 9.88 Å². The minimum atomic E-state index is -0.802. The number of aliphatic hydroxyl groups excluding tert-OH is 1. The van der Waals surface area contributed by atoms with Gasteiger partial charge in [-0.2, -0.15) is 0 Å². The first kappa shape index (κ1) is 18.9. The van der Waals surface area contributed by atoms with E-state index in [1.165, 1.54) is 4.90 Å². The number of likely N-dealkylation sites (tertiary alicyclic amines) is 1. The Kier molecular flexibility index (Phi) is 5.14. The van der Waals surface area contributed by atoms with Crippen LogP contribution < -0.4 is 0 Å². The number of aromatic nitrogens is 1. The van der Waals surface area contributed by atoms with Crippen molar-refractivity contribution in [3.05, 3.63) is 106 Å². The third-order valence-electron chi connectivity index (χ3n) is 4.86. The molecule has 0 radical (unpaired) electrons. The molecular formula is C23H17ClN2O3. The van der Waals surface area contributed by atoms with E-state index >= 15 is 0 Å². The van der Waals surface area contributed by atoms with Gasteiger partial charge in [-0.25, -0.2) is 0 Å². The van der Waals surface area contributed by atoms with Crippen LogP contribution in [-0.4, -0.2) is 26.7 Å². The van der Waals surface area contributed by atoms with E-state index in [1.807, 2.05) is 12.1 Å². The van der Waals surface area contributed by atoms with Crippen LogP contribution in [0.2, 0.25) is 5.02 Å². The zero-order chi connectivity index (χ0) is 20.4. The van der Waals surface area contributed by atoms with Crippen LogP contribution in [0.1, 0.15) is 22.7 Å². The maximum atomic E-state index is 12.9. The van der Waals surface area contributed by atoms with Crippen LogP contribution in [0.25, 0.3) is 5.76 Å². The van der Waals surface area contributed by atoms with Crippen molar-refractivity contribution in [2.45, 2.75) is 12.6 Å². The third kappa shape index (κ3) is 3.52. The van der Waals surface area contributed by atoms with Crippen molar-refractivity contribution in [2.75, 3.05) is 0 Å².